The van der Waals surface area contributed by atoms with Gasteiger partial charge in [-0.2, -0.15) is 0 Å². The van der Waals surface area contributed by atoms with Gasteiger partial charge in [-0.25, -0.2) is 4.79 Å². The third kappa shape index (κ3) is 20.4. The Labute approximate surface area is 132 Å². The Kier molecular flexibility index (Phi) is 16.0. The zero-order chi connectivity index (χ0) is 18.5. The zero-order valence-electron chi connectivity index (χ0n) is 14.7. The standard InChI is InChI=1S/C8H14O3.C4H8O2.C4H6O/c1-5(2)7(9)11-8(10)6(3)4;1-3(2)4(5)6;1-4(2)3-5/h5-6H,1-4H3;3H,1-2H3,(H,5,6);1-2H3. The zero-order valence-corrected chi connectivity index (χ0v) is 14.7. The molecule has 0 aromatic carbocycles. The van der Waals surface area contributed by atoms with Crippen molar-refractivity contribution in [3.8, 4) is 0 Å². The van der Waals surface area contributed by atoms with Crippen LogP contribution in [0.4, 0.5) is 0 Å². The van der Waals surface area contributed by atoms with Gasteiger partial charge in [0.05, 0.1) is 17.8 Å². The first-order valence-corrected chi connectivity index (χ1v) is 7.03. The quantitative estimate of drug-likeness (QED) is 0.488. The molecule has 0 saturated heterocycles. The van der Waals surface area contributed by atoms with Gasteiger partial charge < -0.3 is 9.84 Å². The van der Waals surface area contributed by atoms with Crippen LogP contribution in [0.25, 0.3) is 0 Å². The fourth-order valence-corrected chi connectivity index (χ4v) is 0.335. The molecule has 0 aromatic heterocycles. The molecule has 0 heterocycles. The van der Waals surface area contributed by atoms with E-state index >= 15 is 0 Å². The highest BCUT2D eigenvalue weighted by Gasteiger charge is 2.16. The van der Waals surface area contributed by atoms with Crippen molar-refractivity contribution in [2.24, 2.45) is 17.8 Å². The Hall–Kier alpha value is -1.94. The molecule has 0 bridgehead atoms. The van der Waals surface area contributed by atoms with Crippen LogP contribution in [0.1, 0.15) is 55.4 Å². The fourth-order valence-electron chi connectivity index (χ4n) is 0.335. The van der Waals surface area contributed by atoms with E-state index in [1.807, 2.05) is 0 Å². The van der Waals surface area contributed by atoms with Gasteiger partial charge in [0.2, 0.25) is 0 Å². The van der Waals surface area contributed by atoms with Crippen LogP contribution in [0, 0.1) is 17.8 Å². The summed E-state index contributed by atoms with van der Waals surface area (Å²) in [4.78, 5) is 40.7. The number of aliphatic carboxylic acids is 1. The minimum absolute atomic E-state index is 0.231. The monoisotopic (exact) mass is 316 g/mol. The molecule has 0 aromatic rings. The predicted molar refractivity (Wildman–Crippen MR) is 83.8 cm³/mol. The molecular formula is C16H28O6. The molecule has 0 aliphatic rings. The summed E-state index contributed by atoms with van der Waals surface area (Å²) in [5, 5.41) is 7.99. The number of ether oxygens (including phenoxy) is 1. The number of esters is 2. The van der Waals surface area contributed by atoms with E-state index in [-0.39, 0.29) is 17.8 Å². The number of carbonyl (C=O) groups excluding carboxylic acids is 3. The normalized spacial score (nSPS) is 9.05. The lowest BCUT2D eigenvalue weighted by molar-refractivity contribution is -0.164. The predicted octanol–water partition coefficient (Wildman–Crippen LogP) is 2.88. The van der Waals surface area contributed by atoms with Gasteiger partial charge >= 0.3 is 17.9 Å². The van der Waals surface area contributed by atoms with E-state index in [4.69, 9.17) is 5.11 Å². The van der Waals surface area contributed by atoms with Crippen molar-refractivity contribution in [1.82, 2.24) is 0 Å². The highest BCUT2D eigenvalue weighted by molar-refractivity contribution is 5.87. The van der Waals surface area contributed by atoms with Crippen LogP contribution in [0.2, 0.25) is 0 Å². The van der Waals surface area contributed by atoms with Gasteiger partial charge in [0, 0.05) is 5.57 Å². The summed E-state index contributed by atoms with van der Waals surface area (Å²) >= 11 is 0. The van der Waals surface area contributed by atoms with Gasteiger partial charge in [-0.15, -0.1) is 0 Å². The van der Waals surface area contributed by atoms with Crippen molar-refractivity contribution in [2.75, 3.05) is 0 Å². The van der Waals surface area contributed by atoms with Gasteiger partial charge in [0.1, 0.15) is 5.94 Å². The maximum Gasteiger partial charge on any atom is 0.316 e. The summed E-state index contributed by atoms with van der Waals surface area (Å²) in [5.74, 6) is -0.664. The highest BCUT2D eigenvalue weighted by atomic mass is 16.6. The van der Waals surface area contributed by atoms with E-state index in [0.29, 0.717) is 5.57 Å². The van der Waals surface area contributed by atoms with Crippen molar-refractivity contribution in [3.63, 3.8) is 0 Å². The van der Waals surface area contributed by atoms with Crippen molar-refractivity contribution < 1.29 is 29.0 Å². The number of carboxylic acids is 1. The van der Waals surface area contributed by atoms with Crippen molar-refractivity contribution in [1.29, 1.82) is 0 Å². The number of allylic oxidation sites excluding steroid dienone is 1. The lowest BCUT2D eigenvalue weighted by atomic mass is 10.2. The SMILES string of the molecule is CC(C)=C=O.CC(C)C(=O)O.CC(C)C(=O)OC(=O)C(C)C. The number of carbonyl (C=O) groups is 3. The summed E-state index contributed by atoms with van der Waals surface area (Å²) in [5.41, 5.74) is 0.699. The lowest BCUT2D eigenvalue weighted by Crippen LogP contribution is -2.20. The Balaban J connectivity index is -0.000000277. The average Bonchev–Trinajstić information content (AvgIpc) is 2.39. The van der Waals surface area contributed by atoms with Crippen molar-refractivity contribution in [2.45, 2.75) is 55.4 Å². The van der Waals surface area contributed by atoms with Crippen LogP contribution in [0.5, 0.6) is 0 Å². The molecular weight excluding hydrogens is 288 g/mol. The smallest absolute Gasteiger partial charge is 0.316 e. The molecule has 0 aliphatic carbocycles. The molecule has 6 heteroatoms. The molecule has 0 amide bonds. The summed E-state index contributed by atoms with van der Waals surface area (Å²) in [7, 11) is 0. The molecule has 0 rings (SSSR count). The van der Waals surface area contributed by atoms with E-state index in [9.17, 15) is 19.2 Å². The minimum atomic E-state index is -0.741. The number of hydrogen-bond acceptors (Lipinski definition) is 5. The summed E-state index contributed by atoms with van der Waals surface area (Å²) < 4.78 is 4.50. The first-order chi connectivity index (χ1) is 9.86. The van der Waals surface area contributed by atoms with E-state index in [1.54, 1.807) is 61.3 Å². The second kappa shape index (κ2) is 14.0. The van der Waals surface area contributed by atoms with Gasteiger partial charge in [-0.05, 0) is 13.8 Å². The lowest BCUT2D eigenvalue weighted by Gasteiger charge is -2.06. The van der Waals surface area contributed by atoms with Gasteiger partial charge in [0.15, 0.2) is 0 Å². The van der Waals surface area contributed by atoms with Gasteiger partial charge in [-0.1, -0.05) is 41.5 Å². The Bertz CT molecular complexity index is 379. The van der Waals surface area contributed by atoms with Crippen LogP contribution in [0.15, 0.2) is 5.57 Å². The van der Waals surface area contributed by atoms with Crippen LogP contribution in [0.3, 0.4) is 0 Å². The third-order valence-corrected chi connectivity index (χ3v) is 1.84. The van der Waals surface area contributed by atoms with E-state index in [2.05, 4.69) is 4.74 Å². The molecule has 0 spiro atoms. The van der Waals surface area contributed by atoms with Gasteiger partial charge in [-0.3, -0.25) is 14.4 Å². The van der Waals surface area contributed by atoms with Gasteiger partial charge in [0.25, 0.3) is 0 Å². The summed E-state index contributed by atoms with van der Waals surface area (Å²) in [6, 6.07) is 0. The molecule has 22 heavy (non-hydrogen) atoms. The molecule has 6 nitrogen and oxygen atoms in total. The van der Waals surface area contributed by atoms with Crippen LogP contribution in [-0.2, 0) is 23.9 Å². The summed E-state index contributed by atoms with van der Waals surface area (Å²) in [6.45, 7) is 13.5. The van der Waals surface area contributed by atoms with Crippen LogP contribution >= 0.6 is 0 Å². The first kappa shape index (κ1) is 25.0. The van der Waals surface area contributed by atoms with Crippen LogP contribution < -0.4 is 0 Å². The van der Waals surface area contributed by atoms with Crippen molar-refractivity contribution >= 4 is 23.8 Å². The minimum Gasteiger partial charge on any atom is -0.481 e. The Morgan fingerprint density at radius 1 is 0.818 bits per heavy atom. The molecule has 0 aliphatic heterocycles. The van der Waals surface area contributed by atoms with E-state index < -0.39 is 17.9 Å². The maximum absolute atomic E-state index is 10.8. The largest absolute Gasteiger partial charge is 0.481 e. The molecule has 0 atom stereocenters. The summed E-state index contributed by atoms with van der Waals surface area (Å²) in [6.07, 6.45) is 0. The third-order valence-electron chi connectivity index (χ3n) is 1.84. The molecule has 1 N–H and O–H groups in total. The second-order valence-electron chi connectivity index (χ2n) is 5.64. The number of carboxylic acid groups (broad SMARTS) is 1. The topological polar surface area (TPSA) is 97.7 Å². The first-order valence-electron chi connectivity index (χ1n) is 7.03. The Morgan fingerprint density at radius 2 is 1.05 bits per heavy atom. The maximum atomic E-state index is 10.8. The molecule has 0 radical (unpaired) electrons. The number of hydrogen-bond donors (Lipinski definition) is 1. The molecule has 128 valence electrons. The molecule has 0 fully saturated rings. The highest BCUT2D eigenvalue weighted by Crippen LogP contribution is 2.01. The molecule has 0 unspecified atom stereocenters. The number of rotatable bonds is 3. The van der Waals surface area contributed by atoms with Crippen LogP contribution in [-0.4, -0.2) is 29.0 Å². The average molecular weight is 316 g/mol. The fraction of sp³-hybridized carbons (Fsp3) is 0.688. The van der Waals surface area contributed by atoms with E-state index in [1.165, 1.54) is 0 Å². The van der Waals surface area contributed by atoms with E-state index in [0.717, 1.165) is 0 Å². The van der Waals surface area contributed by atoms with Crippen molar-refractivity contribution in [3.05, 3.63) is 5.57 Å². The Morgan fingerprint density at radius 3 is 1.14 bits per heavy atom. The second-order valence-corrected chi connectivity index (χ2v) is 5.64. The molecule has 0 saturated carbocycles.